The Morgan fingerprint density at radius 2 is 2.12 bits per heavy atom. The van der Waals surface area contributed by atoms with E-state index in [2.05, 4.69) is 20.7 Å². The van der Waals surface area contributed by atoms with Crippen LogP contribution in [0.5, 0.6) is 0 Å². The molecule has 94 valence electrons. The summed E-state index contributed by atoms with van der Waals surface area (Å²) in [4.78, 5) is 10.3. The molecule has 17 heavy (non-hydrogen) atoms. The molecule has 0 bridgehead atoms. The number of alkyl halides is 2. The number of amides is 1. The van der Waals surface area contributed by atoms with Crippen LogP contribution >= 0.6 is 15.9 Å². The largest absolute Gasteiger partial charge is 0.449 e. The molecule has 0 spiro atoms. The lowest BCUT2D eigenvalue weighted by Crippen LogP contribution is -2.15. The molecule has 1 aromatic carbocycles. The van der Waals surface area contributed by atoms with E-state index in [0.29, 0.717) is 0 Å². The number of ether oxygens (including phenoxy) is 1. The molecule has 2 N–H and O–H groups in total. The van der Waals surface area contributed by atoms with Crippen molar-refractivity contribution in [2.24, 2.45) is 5.73 Å². The molecule has 1 amide bonds. The number of nitrogens with two attached hydrogens (primary N) is 1. The molecule has 1 aromatic rings. The summed E-state index contributed by atoms with van der Waals surface area (Å²) in [6.45, 7) is -0.171. The molecule has 0 atom stereocenters. The van der Waals surface area contributed by atoms with Crippen LogP contribution in [0.4, 0.5) is 18.0 Å². The van der Waals surface area contributed by atoms with E-state index in [-0.39, 0.29) is 23.1 Å². The number of rotatable bonds is 4. The molecule has 0 saturated heterocycles. The van der Waals surface area contributed by atoms with Gasteiger partial charge < -0.3 is 10.5 Å². The first-order valence-corrected chi connectivity index (χ1v) is 5.40. The topological polar surface area (TPSA) is 52.3 Å². The Kier molecular flexibility index (Phi) is 4.80. The molecule has 0 aliphatic heterocycles. The van der Waals surface area contributed by atoms with Gasteiger partial charge >= 0.3 is 6.09 Å². The Hall–Kier alpha value is -1.24. The van der Waals surface area contributed by atoms with E-state index < -0.39 is 23.9 Å². The Labute approximate surface area is 104 Å². The SMILES string of the molecule is NC(=O)OCCc1ccc(Br)c(F)c1C(F)F. The van der Waals surface area contributed by atoms with Crippen LogP contribution in [-0.4, -0.2) is 12.7 Å². The highest BCUT2D eigenvalue weighted by Gasteiger charge is 2.20. The van der Waals surface area contributed by atoms with E-state index in [1.807, 2.05) is 0 Å². The Morgan fingerprint density at radius 1 is 1.47 bits per heavy atom. The average molecular weight is 312 g/mol. The molecular formula is C10H9BrF3NO2. The predicted octanol–water partition coefficient (Wildman–Crippen LogP) is 3.16. The second-order valence-corrected chi connectivity index (χ2v) is 4.01. The fourth-order valence-electron chi connectivity index (χ4n) is 1.32. The Bertz CT molecular complexity index is 426. The summed E-state index contributed by atoms with van der Waals surface area (Å²) < 4.78 is 43.1. The maximum Gasteiger partial charge on any atom is 0.404 e. The van der Waals surface area contributed by atoms with E-state index in [0.717, 1.165) is 0 Å². The fraction of sp³-hybridized carbons (Fsp3) is 0.300. The van der Waals surface area contributed by atoms with Crippen molar-refractivity contribution in [2.45, 2.75) is 12.8 Å². The summed E-state index contributed by atoms with van der Waals surface area (Å²) in [6.07, 6.45) is -3.95. The van der Waals surface area contributed by atoms with Crippen LogP contribution in [0.3, 0.4) is 0 Å². The first-order valence-electron chi connectivity index (χ1n) is 4.60. The van der Waals surface area contributed by atoms with Gasteiger partial charge in [0.05, 0.1) is 16.6 Å². The molecule has 0 radical (unpaired) electrons. The minimum atomic E-state index is -2.93. The smallest absolute Gasteiger partial charge is 0.404 e. The molecular weight excluding hydrogens is 303 g/mol. The molecule has 1 rings (SSSR count). The molecule has 0 heterocycles. The van der Waals surface area contributed by atoms with Crippen LogP contribution in [0, 0.1) is 5.82 Å². The lowest BCUT2D eigenvalue weighted by atomic mass is 10.0. The van der Waals surface area contributed by atoms with Crippen LogP contribution in [0.15, 0.2) is 16.6 Å². The summed E-state index contributed by atoms with van der Waals surface area (Å²) in [5.41, 5.74) is 4.12. The average Bonchev–Trinajstić information content (AvgIpc) is 2.22. The third-order valence-corrected chi connectivity index (χ3v) is 2.67. The number of benzene rings is 1. The second-order valence-electron chi connectivity index (χ2n) is 3.15. The van der Waals surface area contributed by atoms with Gasteiger partial charge in [-0.05, 0) is 27.6 Å². The number of hydrogen-bond acceptors (Lipinski definition) is 2. The third kappa shape index (κ3) is 3.62. The number of primary amides is 1. The van der Waals surface area contributed by atoms with Crippen molar-refractivity contribution in [1.82, 2.24) is 0 Å². The van der Waals surface area contributed by atoms with Gasteiger partial charge in [0.15, 0.2) is 0 Å². The Morgan fingerprint density at radius 3 is 2.65 bits per heavy atom. The van der Waals surface area contributed by atoms with E-state index in [9.17, 15) is 18.0 Å². The first-order chi connectivity index (χ1) is 7.93. The molecule has 7 heteroatoms. The highest BCUT2D eigenvalue weighted by molar-refractivity contribution is 9.10. The molecule has 0 unspecified atom stereocenters. The zero-order valence-corrected chi connectivity index (χ0v) is 10.1. The van der Waals surface area contributed by atoms with Crippen molar-refractivity contribution in [3.63, 3.8) is 0 Å². The predicted molar refractivity (Wildman–Crippen MR) is 58.3 cm³/mol. The number of halogens is 4. The highest BCUT2D eigenvalue weighted by atomic mass is 79.9. The van der Waals surface area contributed by atoms with Gasteiger partial charge in [0.1, 0.15) is 5.82 Å². The van der Waals surface area contributed by atoms with E-state index >= 15 is 0 Å². The standard InChI is InChI=1S/C10H9BrF3NO2/c11-6-2-1-5(3-4-17-10(15)16)7(8(6)12)9(13)14/h1-2,9H,3-4H2,(H2,15,16). The summed E-state index contributed by atoms with van der Waals surface area (Å²) in [6, 6.07) is 2.67. The van der Waals surface area contributed by atoms with Crippen molar-refractivity contribution in [2.75, 3.05) is 6.61 Å². The van der Waals surface area contributed by atoms with Crippen molar-refractivity contribution in [3.05, 3.63) is 33.5 Å². The number of carbonyl (C=O) groups excluding carboxylic acids is 1. The van der Waals surface area contributed by atoms with Gasteiger partial charge in [-0.15, -0.1) is 0 Å². The molecule has 0 aliphatic carbocycles. The molecule has 3 nitrogen and oxygen atoms in total. The van der Waals surface area contributed by atoms with Crippen LogP contribution in [0.2, 0.25) is 0 Å². The maximum absolute atomic E-state index is 13.4. The minimum Gasteiger partial charge on any atom is -0.449 e. The van der Waals surface area contributed by atoms with Gasteiger partial charge in [-0.3, -0.25) is 0 Å². The zero-order chi connectivity index (χ0) is 13.0. The van der Waals surface area contributed by atoms with Gasteiger partial charge in [-0.1, -0.05) is 6.07 Å². The van der Waals surface area contributed by atoms with Crippen molar-refractivity contribution in [1.29, 1.82) is 0 Å². The molecule has 0 saturated carbocycles. The van der Waals surface area contributed by atoms with Crippen LogP contribution in [-0.2, 0) is 11.2 Å². The number of hydrogen-bond donors (Lipinski definition) is 1. The summed E-state index contributed by atoms with van der Waals surface area (Å²) in [5, 5.41) is 0. The van der Waals surface area contributed by atoms with Crippen LogP contribution < -0.4 is 5.73 Å². The lowest BCUT2D eigenvalue weighted by molar-refractivity contribution is 0.142. The minimum absolute atomic E-state index is 0.0210. The van der Waals surface area contributed by atoms with Crippen molar-refractivity contribution < 1.29 is 22.7 Å². The van der Waals surface area contributed by atoms with Gasteiger partial charge in [0, 0.05) is 6.42 Å². The highest BCUT2D eigenvalue weighted by Crippen LogP contribution is 2.30. The maximum atomic E-state index is 13.4. The summed E-state index contributed by atoms with van der Waals surface area (Å²) in [5.74, 6) is -1.00. The second kappa shape index (κ2) is 5.90. The van der Waals surface area contributed by atoms with Gasteiger partial charge in [-0.2, -0.15) is 0 Å². The fourth-order valence-corrected chi connectivity index (χ4v) is 1.67. The quantitative estimate of drug-likeness (QED) is 0.928. The monoisotopic (exact) mass is 311 g/mol. The van der Waals surface area contributed by atoms with Crippen molar-refractivity contribution in [3.8, 4) is 0 Å². The molecule has 0 aliphatic rings. The van der Waals surface area contributed by atoms with Gasteiger partial charge in [0.25, 0.3) is 6.43 Å². The van der Waals surface area contributed by atoms with E-state index in [1.54, 1.807) is 0 Å². The summed E-state index contributed by atoms with van der Waals surface area (Å²) >= 11 is 2.83. The molecule has 0 fully saturated rings. The normalized spacial score (nSPS) is 10.6. The molecule has 0 aromatic heterocycles. The lowest BCUT2D eigenvalue weighted by Gasteiger charge is -2.11. The Balaban J connectivity index is 2.91. The third-order valence-electron chi connectivity index (χ3n) is 2.06. The number of carbonyl (C=O) groups is 1. The van der Waals surface area contributed by atoms with Crippen molar-refractivity contribution >= 4 is 22.0 Å². The van der Waals surface area contributed by atoms with Gasteiger partial charge in [0.2, 0.25) is 0 Å². The summed E-state index contributed by atoms with van der Waals surface area (Å²) in [7, 11) is 0. The van der Waals surface area contributed by atoms with Crippen LogP contribution in [0.25, 0.3) is 0 Å². The van der Waals surface area contributed by atoms with E-state index in [1.165, 1.54) is 12.1 Å². The van der Waals surface area contributed by atoms with Gasteiger partial charge in [-0.25, -0.2) is 18.0 Å². The first kappa shape index (κ1) is 13.8. The zero-order valence-electron chi connectivity index (χ0n) is 8.55. The van der Waals surface area contributed by atoms with Crippen LogP contribution in [0.1, 0.15) is 17.6 Å². The van der Waals surface area contributed by atoms with E-state index in [4.69, 9.17) is 5.73 Å².